The highest BCUT2D eigenvalue weighted by Crippen LogP contribution is 2.17. The first-order valence-electron chi connectivity index (χ1n) is 7.95. The van der Waals surface area contributed by atoms with Crippen molar-refractivity contribution < 1.29 is 4.79 Å². The third kappa shape index (κ3) is 4.99. The molecule has 0 aliphatic carbocycles. The number of nitrogens with one attached hydrogen (secondary N) is 2. The maximum absolute atomic E-state index is 12.5. The standard InChI is InChI=1S/C16H28N4O/c1-6-9-12(7-2)19-16(21)14-13(17-8-3)10-18-15(20-14)11(4)5/h10-12,17H,6-9H2,1-5H3,(H,19,21). The summed E-state index contributed by atoms with van der Waals surface area (Å²) in [6, 6.07) is 0.203. The molecule has 0 saturated heterocycles. The number of anilines is 1. The van der Waals surface area contributed by atoms with Crippen molar-refractivity contribution >= 4 is 11.6 Å². The van der Waals surface area contributed by atoms with Crippen LogP contribution in [-0.2, 0) is 0 Å². The molecule has 0 aromatic carbocycles. The summed E-state index contributed by atoms with van der Waals surface area (Å²) in [5.41, 5.74) is 1.15. The Hall–Kier alpha value is -1.65. The minimum absolute atomic E-state index is 0.115. The van der Waals surface area contributed by atoms with E-state index < -0.39 is 0 Å². The number of rotatable bonds is 8. The molecule has 5 nitrogen and oxygen atoms in total. The van der Waals surface area contributed by atoms with E-state index in [2.05, 4.69) is 34.4 Å². The zero-order valence-corrected chi connectivity index (χ0v) is 13.9. The maximum atomic E-state index is 12.5. The Morgan fingerprint density at radius 3 is 2.52 bits per heavy atom. The van der Waals surface area contributed by atoms with Crippen molar-refractivity contribution in [3.63, 3.8) is 0 Å². The Bertz CT molecular complexity index is 460. The predicted molar refractivity (Wildman–Crippen MR) is 86.7 cm³/mol. The summed E-state index contributed by atoms with van der Waals surface area (Å²) >= 11 is 0. The number of carbonyl (C=O) groups is 1. The van der Waals surface area contributed by atoms with Gasteiger partial charge >= 0.3 is 0 Å². The van der Waals surface area contributed by atoms with Gasteiger partial charge in [-0.25, -0.2) is 9.97 Å². The molecule has 1 amide bonds. The molecule has 1 atom stereocenters. The van der Waals surface area contributed by atoms with E-state index in [-0.39, 0.29) is 17.9 Å². The second-order valence-electron chi connectivity index (χ2n) is 5.54. The van der Waals surface area contributed by atoms with Gasteiger partial charge in [-0.15, -0.1) is 0 Å². The minimum Gasteiger partial charge on any atom is -0.382 e. The van der Waals surface area contributed by atoms with Gasteiger partial charge in [0.1, 0.15) is 5.82 Å². The molecule has 0 saturated carbocycles. The molecule has 5 heteroatoms. The lowest BCUT2D eigenvalue weighted by molar-refractivity contribution is 0.0929. The van der Waals surface area contributed by atoms with Gasteiger partial charge in [0.25, 0.3) is 5.91 Å². The lowest BCUT2D eigenvalue weighted by atomic mass is 10.1. The lowest BCUT2D eigenvalue weighted by Gasteiger charge is -2.18. The predicted octanol–water partition coefficient (Wildman–Crippen LogP) is 3.34. The first kappa shape index (κ1) is 17.4. The molecule has 0 bridgehead atoms. The third-order valence-corrected chi connectivity index (χ3v) is 3.37. The summed E-state index contributed by atoms with van der Waals surface area (Å²) in [6.07, 6.45) is 4.68. The van der Waals surface area contributed by atoms with Crippen LogP contribution in [0.5, 0.6) is 0 Å². The number of nitrogens with zero attached hydrogens (tertiary/aromatic N) is 2. The summed E-state index contributed by atoms with van der Waals surface area (Å²) in [5, 5.41) is 6.24. The Kier molecular flexibility index (Phi) is 7.12. The van der Waals surface area contributed by atoms with Crippen LogP contribution in [0.3, 0.4) is 0 Å². The van der Waals surface area contributed by atoms with Gasteiger partial charge in [-0.2, -0.15) is 0 Å². The monoisotopic (exact) mass is 292 g/mol. The van der Waals surface area contributed by atoms with Crippen LogP contribution in [0.2, 0.25) is 0 Å². The second-order valence-corrected chi connectivity index (χ2v) is 5.54. The van der Waals surface area contributed by atoms with E-state index in [0.29, 0.717) is 17.2 Å². The lowest BCUT2D eigenvalue weighted by Crippen LogP contribution is -2.35. The fourth-order valence-corrected chi connectivity index (χ4v) is 2.15. The fourth-order valence-electron chi connectivity index (χ4n) is 2.15. The summed E-state index contributed by atoms with van der Waals surface area (Å²) in [7, 11) is 0. The van der Waals surface area contributed by atoms with Crippen LogP contribution in [0, 0.1) is 0 Å². The average Bonchev–Trinajstić information content (AvgIpc) is 2.47. The van der Waals surface area contributed by atoms with Crippen LogP contribution < -0.4 is 10.6 Å². The molecule has 1 heterocycles. The molecule has 0 aliphatic heterocycles. The zero-order chi connectivity index (χ0) is 15.8. The van der Waals surface area contributed by atoms with Crippen molar-refractivity contribution in [3.8, 4) is 0 Å². The SMILES string of the molecule is CCCC(CC)NC(=O)c1nc(C(C)C)ncc1NCC. The van der Waals surface area contributed by atoms with Gasteiger partial charge in [0.15, 0.2) is 5.69 Å². The topological polar surface area (TPSA) is 66.9 Å². The highest BCUT2D eigenvalue weighted by atomic mass is 16.2. The summed E-state index contributed by atoms with van der Waals surface area (Å²) in [6.45, 7) is 11.0. The van der Waals surface area contributed by atoms with Crippen molar-refractivity contribution in [2.24, 2.45) is 0 Å². The number of amides is 1. The summed E-state index contributed by atoms with van der Waals surface area (Å²) in [4.78, 5) is 21.3. The van der Waals surface area contributed by atoms with Gasteiger partial charge in [0, 0.05) is 18.5 Å². The van der Waals surface area contributed by atoms with Crippen molar-refractivity contribution in [2.45, 2.75) is 65.8 Å². The molecular weight excluding hydrogens is 264 g/mol. The van der Waals surface area contributed by atoms with Gasteiger partial charge in [-0.3, -0.25) is 4.79 Å². The quantitative estimate of drug-likeness (QED) is 0.771. The van der Waals surface area contributed by atoms with E-state index in [1.165, 1.54) is 0 Å². The molecule has 2 N–H and O–H groups in total. The van der Waals surface area contributed by atoms with E-state index in [4.69, 9.17) is 0 Å². The molecule has 0 fully saturated rings. The molecular formula is C16H28N4O. The third-order valence-electron chi connectivity index (χ3n) is 3.37. The van der Waals surface area contributed by atoms with E-state index in [1.54, 1.807) is 6.20 Å². The number of aromatic nitrogens is 2. The van der Waals surface area contributed by atoms with Crippen molar-refractivity contribution in [1.29, 1.82) is 0 Å². The van der Waals surface area contributed by atoms with Gasteiger partial charge in [0.05, 0.1) is 11.9 Å². The van der Waals surface area contributed by atoms with Gasteiger partial charge < -0.3 is 10.6 Å². The van der Waals surface area contributed by atoms with E-state index >= 15 is 0 Å². The average molecular weight is 292 g/mol. The molecule has 118 valence electrons. The Morgan fingerprint density at radius 1 is 1.29 bits per heavy atom. The van der Waals surface area contributed by atoms with Crippen LogP contribution >= 0.6 is 0 Å². The van der Waals surface area contributed by atoms with E-state index in [1.807, 2.05) is 20.8 Å². The molecule has 0 spiro atoms. The van der Waals surface area contributed by atoms with Crippen molar-refractivity contribution in [2.75, 3.05) is 11.9 Å². The van der Waals surface area contributed by atoms with Crippen LogP contribution in [0.15, 0.2) is 6.20 Å². The van der Waals surface area contributed by atoms with Gasteiger partial charge in [-0.1, -0.05) is 34.1 Å². The molecule has 1 aromatic heterocycles. The smallest absolute Gasteiger partial charge is 0.272 e. The fraction of sp³-hybridized carbons (Fsp3) is 0.688. The van der Waals surface area contributed by atoms with Gasteiger partial charge in [-0.05, 0) is 19.8 Å². The molecule has 0 radical (unpaired) electrons. The summed E-state index contributed by atoms with van der Waals surface area (Å²) < 4.78 is 0. The minimum atomic E-state index is -0.115. The molecule has 1 rings (SSSR count). The summed E-state index contributed by atoms with van der Waals surface area (Å²) in [5.74, 6) is 0.783. The normalized spacial score (nSPS) is 12.3. The van der Waals surface area contributed by atoms with Crippen LogP contribution in [-0.4, -0.2) is 28.5 Å². The van der Waals surface area contributed by atoms with Crippen LogP contribution in [0.1, 0.15) is 76.1 Å². The maximum Gasteiger partial charge on any atom is 0.272 e. The molecule has 1 unspecified atom stereocenters. The van der Waals surface area contributed by atoms with Crippen molar-refractivity contribution in [1.82, 2.24) is 15.3 Å². The molecule has 1 aromatic rings. The zero-order valence-electron chi connectivity index (χ0n) is 13.9. The second kappa shape index (κ2) is 8.60. The number of hydrogen-bond donors (Lipinski definition) is 2. The number of hydrogen-bond acceptors (Lipinski definition) is 4. The Balaban J connectivity index is 3.00. The highest BCUT2D eigenvalue weighted by molar-refractivity contribution is 5.97. The van der Waals surface area contributed by atoms with Crippen molar-refractivity contribution in [3.05, 3.63) is 17.7 Å². The molecule has 21 heavy (non-hydrogen) atoms. The van der Waals surface area contributed by atoms with Crippen LogP contribution in [0.4, 0.5) is 5.69 Å². The largest absolute Gasteiger partial charge is 0.382 e. The van der Waals surface area contributed by atoms with Crippen LogP contribution in [0.25, 0.3) is 0 Å². The molecule has 0 aliphatic rings. The number of carbonyl (C=O) groups excluding carboxylic acids is 1. The first-order chi connectivity index (χ1) is 10.0. The highest BCUT2D eigenvalue weighted by Gasteiger charge is 2.18. The van der Waals surface area contributed by atoms with E-state index in [9.17, 15) is 4.79 Å². The Morgan fingerprint density at radius 2 is 2.00 bits per heavy atom. The first-order valence-corrected chi connectivity index (χ1v) is 7.95. The Labute approximate surface area is 128 Å². The van der Waals surface area contributed by atoms with Gasteiger partial charge in [0.2, 0.25) is 0 Å². The van der Waals surface area contributed by atoms with E-state index in [0.717, 1.165) is 25.8 Å².